The van der Waals surface area contributed by atoms with Crippen molar-refractivity contribution in [2.45, 2.75) is 13.8 Å². The van der Waals surface area contributed by atoms with Crippen LogP contribution in [0.1, 0.15) is 13.8 Å². The molecule has 0 fully saturated rings. The van der Waals surface area contributed by atoms with E-state index in [1.807, 2.05) is 36.4 Å². The zero-order valence-electron chi connectivity index (χ0n) is 14.7. The third kappa shape index (κ3) is 11.1. The maximum absolute atomic E-state index is 2.21. The monoisotopic (exact) mass is 354 g/mol. The second-order valence-corrected chi connectivity index (χ2v) is 8.22. The Morgan fingerprint density at radius 3 is 0.958 bits per heavy atom. The van der Waals surface area contributed by atoms with Gasteiger partial charge in [0.05, 0.1) is 0 Å². The van der Waals surface area contributed by atoms with Gasteiger partial charge in [-0.15, -0.1) is 0 Å². The van der Waals surface area contributed by atoms with E-state index in [9.17, 15) is 0 Å². The van der Waals surface area contributed by atoms with E-state index >= 15 is 0 Å². The maximum atomic E-state index is 2.21. The van der Waals surface area contributed by atoms with Crippen molar-refractivity contribution in [1.29, 1.82) is 0 Å². The Kier molecular flexibility index (Phi) is 12.9. The number of rotatable bonds is 4. The lowest BCUT2D eigenvalue weighted by atomic mass is 10.4. The molecule has 0 heterocycles. The molecule has 0 radical (unpaired) electrons. The molecule has 2 atom stereocenters. The molecule has 0 saturated carbocycles. The van der Waals surface area contributed by atoms with Crippen LogP contribution in [0.25, 0.3) is 0 Å². The molecule has 0 aliphatic heterocycles. The lowest BCUT2D eigenvalue weighted by Crippen LogP contribution is -1.90. The molecule has 0 N–H and O–H groups in total. The van der Waals surface area contributed by atoms with Crippen molar-refractivity contribution in [1.82, 2.24) is 0 Å². The fourth-order valence-corrected chi connectivity index (χ4v) is 3.58. The molecule has 24 heavy (non-hydrogen) atoms. The lowest BCUT2D eigenvalue weighted by molar-refractivity contribution is 1.52. The van der Waals surface area contributed by atoms with Crippen LogP contribution in [0.4, 0.5) is 0 Å². The first kappa shape index (κ1) is 20.6. The maximum Gasteiger partial charge on any atom is -0.0272 e. The Labute approximate surface area is 151 Å². The summed E-state index contributed by atoms with van der Waals surface area (Å²) < 4.78 is 0. The Morgan fingerprint density at radius 1 is 0.458 bits per heavy atom. The highest BCUT2D eigenvalue weighted by Crippen LogP contribution is 2.07. The molecular formula is C22H28P2. The molecule has 0 aromatic heterocycles. The highest BCUT2D eigenvalue weighted by molar-refractivity contribution is 7.47. The van der Waals surface area contributed by atoms with Crippen LogP contribution in [0.3, 0.4) is 0 Å². The predicted octanol–water partition coefficient (Wildman–Crippen LogP) is 5.71. The molecule has 2 unspecified atom stereocenters. The Morgan fingerprint density at radius 2 is 0.708 bits per heavy atom. The Balaban J connectivity index is 0.000000184. The number of hydrogen-bond donors (Lipinski definition) is 0. The first-order valence-electron chi connectivity index (χ1n) is 8.44. The van der Waals surface area contributed by atoms with Gasteiger partial charge in [-0.05, 0) is 22.9 Å². The molecule has 2 heteroatoms. The Bertz CT molecular complexity index is 526. The van der Waals surface area contributed by atoms with Gasteiger partial charge in [-0.3, -0.25) is 0 Å². The van der Waals surface area contributed by atoms with E-state index in [2.05, 4.69) is 74.5 Å². The third-order valence-electron chi connectivity index (χ3n) is 2.98. The summed E-state index contributed by atoms with van der Waals surface area (Å²) in [4.78, 5) is 0. The predicted molar refractivity (Wildman–Crippen MR) is 116 cm³/mol. The van der Waals surface area contributed by atoms with E-state index in [0.717, 1.165) is 17.2 Å². The summed E-state index contributed by atoms with van der Waals surface area (Å²) in [5.41, 5.74) is 0. The SMILES string of the molecule is CCPc1ccccc1.CCPc1ccccc1.c1ccccc1. The molecule has 0 aliphatic carbocycles. The summed E-state index contributed by atoms with van der Waals surface area (Å²) in [6.07, 6.45) is 2.54. The van der Waals surface area contributed by atoms with Crippen LogP contribution in [0.2, 0.25) is 0 Å². The van der Waals surface area contributed by atoms with Crippen molar-refractivity contribution < 1.29 is 0 Å². The van der Waals surface area contributed by atoms with Crippen LogP contribution in [0.5, 0.6) is 0 Å². The summed E-state index contributed by atoms with van der Waals surface area (Å²) >= 11 is 0. The smallest absolute Gasteiger partial charge is 0.0272 e. The van der Waals surface area contributed by atoms with Crippen LogP contribution < -0.4 is 10.6 Å². The molecule has 0 saturated heterocycles. The molecule has 0 spiro atoms. The first-order chi connectivity index (χ1) is 11.9. The molecule has 0 amide bonds. The summed E-state index contributed by atoms with van der Waals surface area (Å²) in [5, 5.41) is 2.94. The normalized spacial score (nSPS) is 10.1. The van der Waals surface area contributed by atoms with Crippen LogP contribution in [-0.2, 0) is 0 Å². The van der Waals surface area contributed by atoms with Gasteiger partial charge in [0.25, 0.3) is 0 Å². The van der Waals surface area contributed by atoms with Crippen molar-refractivity contribution in [3.8, 4) is 0 Å². The molecule has 126 valence electrons. The highest BCUT2D eigenvalue weighted by atomic mass is 31.1. The van der Waals surface area contributed by atoms with Crippen LogP contribution in [0, 0.1) is 0 Å². The van der Waals surface area contributed by atoms with E-state index in [1.54, 1.807) is 0 Å². The summed E-state index contributed by atoms with van der Waals surface area (Å²) in [7, 11) is 1.97. The topological polar surface area (TPSA) is 0 Å². The van der Waals surface area contributed by atoms with Crippen molar-refractivity contribution in [2.24, 2.45) is 0 Å². The summed E-state index contributed by atoms with van der Waals surface area (Å²) in [5.74, 6) is 0. The van der Waals surface area contributed by atoms with Crippen molar-refractivity contribution >= 4 is 27.8 Å². The van der Waals surface area contributed by atoms with E-state index in [4.69, 9.17) is 0 Å². The molecule has 3 aromatic carbocycles. The zero-order chi connectivity index (χ0) is 17.3. The Hall–Kier alpha value is -1.48. The van der Waals surface area contributed by atoms with Crippen molar-refractivity contribution in [2.75, 3.05) is 12.3 Å². The van der Waals surface area contributed by atoms with Gasteiger partial charge in [-0.25, -0.2) is 0 Å². The number of benzene rings is 3. The molecular weight excluding hydrogens is 326 g/mol. The fourth-order valence-electron chi connectivity index (χ4n) is 1.91. The van der Waals surface area contributed by atoms with Gasteiger partial charge in [0, 0.05) is 0 Å². The largest absolute Gasteiger partial charge is 0.0907 e. The molecule has 0 bridgehead atoms. The van der Waals surface area contributed by atoms with Gasteiger partial charge in [0.15, 0.2) is 0 Å². The third-order valence-corrected chi connectivity index (χ3v) is 5.17. The molecule has 0 aliphatic rings. The standard InChI is InChI=1S/2C8H11P.C6H6/c2*1-2-9-8-6-4-3-5-7-8;1-2-4-6-5-3-1/h2*3-7,9H,2H2,1H3;1-6H. The lowest BCUT2D eigenvalue weighted by Gasteiger charge is -1.94. The van der Waals surface area contributed by atoms with Crippen LogP contribution in [0.15, 0.2) is 97.1 Å². The van der Waals surface area contributed by atoms with E-state index < -0.39 is 0 Å². The molecule has 3 rings (SSSR count). The quantitative estimate of drug-likeness (QED) is 0.527. The van der Waals surface area contributed by atoms with E-state index in [-0.39, 0.29) is 0 Å². The van der Waals surface area contributed by atoms with Gasteiger partial charge in [-0.2, -0.15) is 0 Å². The minimum atomic E-state index is 0.987. The van der Waals surface area contributed by atoms with Gasteiger partial charge in [0.2, 0.25) is 0 Å². The van der Waals surface area contributed by atoms with Gasteiger partial charge < -0.3 is 0 Å². The summed E-state index contributed by atoms with van der Waals surface area (Å²) in [6.45, 7) is 4.43. The zero-order valence-corrected chi connectivity index (χ0v) is 16.7. The average Bonchev–Trinajstić information content (AvgIpc) is 2.67. The van der Waals surface area contributed by atoms with Gasteiger partial charge in [-0.1, -0.05) is 128 Å². The average molecular weight is 354 g/mol. The van der Waals surface area contributed by atoms with E-state index in [0.29, 0.717) is 0 Å². The second-order valence-electron chi connectivity index (χ2n) is 4.95. The minimum absolute atomic E-state index is 0.987. The number of hydrogen-bond acceptors (Lipinski definition) is 0. The molecule has 3 aromatic rings. The minimum Gasteiger partial charge on any atom is -0.0907 e. The van der Waals surface area contributed by atoms with E-state index in [1.165, 1.54) is 22.9 Å². The van der Waals surface area contributed by atoms with Crippen LogP contribution in [-0.4, -0.2) is 12.3 Å². The summed E-state index contributed by atoms with van der Waals surface area (Å²) in [6, 6.07) is 33.2. The fraction of sp³-hybridized carbons (Fsp3) is 0.182. The van der Waals surface area contributed by atoms with Gasteiger partial charge in [0.1, 0.15) is 0 Å². The van der Waals surface area contributed by atoms with Crippen LogP contribution >= 0.6 is 17.2 Å². The first-order valence-corrected chi connectivity index (χ1v) is 10.9. The molecule has 0 nitrogen and oxygen atoms in total. The highest BCUT2D eigenvalue weighted by Gasteiger charge is 1.84. The second kappa shape index (κ2) is 15.1. The van der Waals surface area contributed by atoms with Crippen molar-refractivity contribution in [3.05, 3.63) is 97.1 Å². The van der Waals surface area contributed by atoms with Crippen molar-refractivity contribution in [3.63, 3.8) is 0 Å². The van der Waals surface area contributed by atoms with Gasteiger partial charge >= 0.3 is 0 Å².